The van der Waals surface area contributed by atoms with Gasteiger partial charge in [0.25, 0.3) is 0 Å². The lowest BCUT2D eigenvalue weighted by molar-refractivity contribution is -0.119. The van der Waals surface area contributed by atoms with E-state index >= 15 is 0 Å². The number of anilines is 1. The van der Waals surface area contributed by atoms with E-state index in [1.807, 2.05) is 12.3 Å². The molecule has 0 radical (unpaired) electrons. The van der Waals surface area contributed by atoms with E-state index in [0.29, 0.717) is 23.4 Å². The van der Waals surface area contributed by atoms with Crippen LogP contribution in [0.3, 0.4) is 0 Å². The molecule has 1 aliphatic rings. The second-order valence-corrected chi connectivity index (χ2v) is 6.17. The van der Waals surface area contributed by atoms with Crippen LogP contribution in [-0.4, -0.2) is 46.1 Å². The van der Waals surface area contributed by atoms with E-state index in [4.69, 9.17) is 4.52 Å². The molecule has 0 spiro atoms. The van der Waals surface area contributed by atoms with Crippen molar-refractivity contribution in [2.75, 3.05) is 25.0 Å². The van der Waals surface area contributed by atoms with E-state index in [1.165, 1.54) is 11.3 Å². The summed E-state index contributed by atoms with van der Waals surface area (Å²) in [5, 5.41) is 6.64. The second-order valence-electron chi connectivity index (χ2n) is 5.30. The van der Waals surface area contributed by atoms with Crippen LogP contribution in [0.5, 0.6) is 0 Å². The number of carbonyl (C=O) groups excluding carboxylic acids is 1. The number of aromatic nitrogens is 3. The number of hydrogen-bond acceptors (Lipinski definition) is 7. The number of rotatable bonds is 5. The molecule has 118 valence electrons. The molecule has 1 fully saturated rings. The van der Waals surface area contributed by atoms with E-state index in [-0.39, 0.29) is 11.9 Å². The van der Waals surface area contributed by atoms with E-state index in [2.05, 4.69) is 20.0 Å². The molecule has 0 unspecified atom stereocenters. The largest absolute Gasteiger partial charge is 0.339 e. The van der Waals surface area contributed by atoms with Crippen molar-refractivity contribution in [2.24, 2.45) is 0 Å². The van der Waals surface area contributed by atoms with Crippen LogP contribution in [0, 0.1) is 0 Å². The molecule has 22 heavy (non-hydrogen) atoms. The molecule has 8 heteroatoms. The summed E-state index contributed by atoms with van der Waals surface area (Å²) in [6.45, 7) is 3.20. The molecule has 1 atom stereocenters. The maximum atomic E-state index is 12.4. The summed E-state index contributed by atoms with van der Waals surface area (Å²) in [7, 11) is 1.76. The van der Waals surface area contributed by atoms with Gasteiger partial charge in [0.15, 0.2) is 11.0 Å². The van der Waals surface area contributed by atoms with Crippen LogP contribution in [0.15, 0.2) is 16.1 Å². The summed E-state index contributed by atoms with van der Waals surface area (Å²) in [4.78, 5) is 24.7. The number of likely N-dealkylation sites (N-methyl/N-ethyl adjacent to an activating group) is 1. The highest BCUT2D eigenvalue weighted by molar-refractivity contribution is 7.13. The third-order valence-electron chi connectivity index (χ3n) is 3.87. The number of nitrogens with zero attached hydrogens (tertiary/aromatic N) is 5. The first-order chi connectivity index (χ1) is 10.7. The predicted molar refractivity (Wildman–Crippen MR) is 82.7 cm³/mol. The summed E-state index contributed by atoms with van der Waals surface area (Å²) in [6, 6.07) is 0.0673. The van der Waals surface area contributed by atoms with Crippen LogP contribution in [0.1, 0.15) is 37.5 Å². The number of thiazole rings is 1. The average Bonchev–Trinajstić information content (AvgIpc) is 3.26. The predicted octanol–water partition coefficient (Wildman–Crippen LogP) is 1.89. The standard InChI is InChI=1S/C14H19N5O2S/c1-3-11-16-13(17-21-11)10-5-4-7-19(10)9-12(20)18(2)14-15-6-8-22-14/h6,8,10H,3-5,7,9H2,1-2H3/t10-/m0/s1. The van der Waals surface area contributed by atoms with Crippen molar-refractivity contribution in [3.05, 3.63) is 23.3 Å². The Morgan fingerprint density at radius 3 is 3.14 bits per heavy atom. The van der Waals surface area contributed by atoms with Crippen molar-refractivity contribution in [1.82, 2.24) is 20.0 Å². The van der Waals surface area contributed by atoms with E-state index in [0.717, 1.165) is 25.8 Å². The van der Waals surface area contributed by atoms with Gasteiger partial charge in [0.2, 0.25) is 11.8 Å². The number of hydrogen-bond donors (Lipinski definition) is 0. The summed E-state index contributed by atoms with van der Waals surface area (Å²) in [5.74, 6) is 1.37. The zero-order valence-electron chi connectivity index (χ0n) is 12.7. The lowest BCUT2D eigenvalue weighted by Crippen LogP contribution is -2.38. The van der Waals surface area contributed by atoms with Gasteiger partial charge in [-0.25, -0.2) is 4.98 Å². The van der Waals surface area contributed by atoms with Gasteiger partial charge in [0.05, 0.1) is 12.6 Å². The Morgan fingerprint density at radius 1 is 1.59 bits per heavy atom. The molecule has 2 aromatic heterocycles. The molecule has 0 aromatic carbocycles. The van der Waals surface area contributed by atoms with Crippen LogP contribution in [0.2, 0.25) is 0 Å². The molecule has 1 amide bonds. The van der Waals surface area contributed by atoms with Gasteiger partial charge in [0.1, 0.15) is 0 Å². The van der Waals surface area contributed by atoms with Gasteiger partial charge in [0, 0.05) is 25.0 Å². The zero-order chi connectivity index (χ0) is 15.5. The number of carbonyl (C=O) groups is 1. The first kappa shape index (κ1) is 15.1. The fraction of sp³-hybridized carbons (Fsp3) is 0.571. The Labute approximate surface area is 132 Å². The van der Waals surface area contributed by atoms with E-state index in [1.54, 1.807) is 18.1 Å². The van der Waals surface area contributed by atoms with Crippen molar-refractivity contribution >= 4 is 22.4 Å². The Kier molecular flexibility index (Phi) is 4.49. The van der Waals surface area contributed by atoms with Crippen LogP contribution < -0.4 is 4.90 Å². The molecule has 3 rings (SSSR count). The minimum Gasteiger partial charge on any atom is -0.339 e. The zero-order valence-corrected chi connectivity index (χ0v) is 13.5. The molecule has 3 heterocycles. The van der Waals surface area contributed by atoms with E-state index < -0.39 is 0 Å². The highest BCUT2D eigenvalue weighted by Crippen LogP contribution is 2.30. The number of likely N-dealkylation sites (tertiary alicyclic amines) is 1. The third-order valence-corrected chi connectivity index (χ3v) is 4.71. The van der Waals surface area contributed by atoms with Crippen molar-refractivity contribution in [3.8, 4) is 0 Å². The summed E-state index contributed by atoms with van der Waals surface area (Å²) in [5.41, 5.74) is 0. The van der Waals surface area contributed by atoms with Gasteiger partial charge in [-0.15, -0.1) is 11.3 Å². The molecular weight excluding hydrogens is 302 g/mol. The second kappa shape index (κ2) is 6.53. The van der Waals surface area contributed by atoms with Gasteiger partial charge in [-0.3, -0.25) is 14.6 Å². The van der Waals surface area contributed by atoms with Crippen LogP contribution in [0.4, 0.5) is 5.13 Å². The molecular formula is C14H19N5O2S. The maximum absolute atomic E-state index is 12.4. The fourth-order valence-corrected chi connectivity index (χ4v) is 3.25. The monoisotopic (exact) mass is 321 g/mol. The van der Waals surface area contributed by atoms with E-state index in [9.17, 15) is 4.79 Å². The molecule has 0 saturated carbocycles. The fourth-order valence-electron chi connectivity index (χ4n) is 2.62. The van der Waals surface area contributed by atoms with Crippen molar-refractivity contribution < 1.29 is 9.32 Å². The number of amides is 1. The lowest BCUT2D eigenvalue weighted by Gasteiger charge is -2.23. The Balaban J connectivity index is 1.67. The quantitative estimate of drug-likeness (QED) is 0.837. The third kappa shape index (κ3) is 3.02. The Bertz CT molecular complexity index is 627. The van der Waals surface area contributed by atoms with Crippen LogP contribution in [0.25, 0.3) is 0 Å². The summed E-state index contributed by atoms with van der Waals surface area (Å²) < 4.78 is 5.19. The highest BCUT2D eigenvalue weighted by Gasteiger charge is 2.32. The molecule has 7 nitrogen and oxygen atoms in total. The topological polar surface area (TPSA) is 75.4 Å². The Hall–Kier alpha value is -1.80. The molecule has 0 aliphatic carbocycles. The smallest absolute Gasteiger partial charge is 0.242 e. The highest BCUT2D eigenvalue weighted by atomic mass is 32.1. The van der Waals surface area contributed by atoms with Gasteiger partial charge in [-0.1, -0.05) is 12.1 Å². The van der Waals surface area contributed by atoms with Gasteiger partial charge >= 0.3 is 0 Å². The van der Waals surface area contributed by atoms with Crippen molar-refractivity contribution in [1.29, 1.82) is 0 Å². The van der Waals surface area contributed by atoms with Gasteiger partial charge in [-0.05, 0) is 19.4 Å². The summed E-state index contributed by atoms with van der Waals surface area (Å²) >= 11 is 1.46. The van der Waals surface area contributed by atoms with Crippen molar-refractivity contribution in [3.63, 3.8) is 0 Å². The van der Waals surface area contributed by atoms with Crippen LogP contribution in [-0.2, 0) is 11.2 Å². The van der Waals surface area contributed by atoms with Crippen LogP contribution >= 0.6 is 11.3 Å². The average molecular weight is 321 g/mol. The molecule has 2 aromatic rings. The lowest BCUT2D eigenvalue weighted by atomic mass is 10.2. The summed E-state index contributed by atoms with van der Waals surface area (Å²) in [6.07, 6.45) is 4.42. The minimum absolute atomic E-state index is 0.0288. The number of aryl methyl sites for hydroxylation is 1. The molecule has 0 bridgehead atoms. The normalized spacial score (nSPS) is 18.7. The van der Waals surface area contributed by atoms with Crippen molar-refractivity contribution in [2.45, 2.75) is 32.2 Å². The first-order valence-electron chi connectivity index (χ1n) is 7.41. The Morgan fingerprint density at radius 2 is 2.45 bits per heavy atom. The van der Waals surface area contributed by atoms with Gasteiger partial charge in [-0.2, -0.15) is 4.98 Å². The molecule has 1 aliphatic heterocycles. The minimum atomic E-state index is 0.0288. The van der Waals surface area contributed by atoms with Gasteiger partial charge < -0.3 is 4.52 Å². The molecule has 0 N–H and O–H groups in total. The first-order valence-corrected chi connectivity index (χ1v) is 8.29. The maximum Gasteiger partial charge on any atom is 0.242 e. The SMILES string of the molecule is CCc1nc([C@@H]2CCCN2CC(=O)N(C)c2nccs2)no1. The molecule has 1 saturated heterocycles.